The van der Waals surface area contributed by atoms with Gasteiger partial charge in [-0.25, -0.2) is 0 Å². The van der Waals surface area contributed by atoms with Gasteiger partial charge in [0.05, 0.1) is 35.9 Å². The standard InChI is InChI=1S/C22H36O6.C8H17NO2.C7H14O4.C2H6/c1-8-9-27-22(7)11-13(2)10-14(3)21(26)28-17(6)20(25)19(24)16(5)18(23)15(4)12-22;1-6-4-7(9(2)3)5-8(10)11-6;1-7(10-2)3-6(9)11-4-5(7)8;1-2/h1,13-17,19-20,24-25H,9-12H2,2-7H3;6-8,10H,4-5H2,1-3H3;5-6,8-9H,3-4H2,1-2H3;1-2H3/t13-,14?,15+,16?,17+,19?,20?,22-;;5?,6?,7-;/m0.1./s1. The summed E-state index contributed by atoms with van der Waals surface area (Å²) >= 11 is 0. The fourth-order valence-electron chi connectivity index (χ4n) is 6.90. The first kappa shape index (κ1) is 50.3. The van der Waals surface area contributed by atoms with Crippen molar-refractivity contribution in [2.24, 2.45) is 23.7 Å². The second-order valence-electron chi connectivity index (χ2n) is 15.3. The second kappa shape index (κ2) is 23.9. The van der Waals surface area contributed by atoms with E-state index in [9.17, 15) is 30.0 Å². The first-order valence-corrected chi connectivity index (χ1v) is 18.8. The number of cyclic esters (lactones) is 1. The Kier molecular flexibility index (Phi) is 23.2. The van der Waals surface area contributed by atoms with Crippen LogP contribution in [0.15, 0.2) is 0 Å². The van der Waals surface area contributed by atoms with Gasteiger partial charge in [-0.05, 0) is 73.4 Å². The average Bonchev–Trinajstić information content (AvgIpc) is 3.08. The van der Waals surface area contributed by atoms with Crippen LogP contribution in [0.2, 0.25) is 0 Å². The molecular formula is C39H73NO12. The minimum Gasteiger partial charge on any atom is -0.460 e. The molecule has 9 unspecified atom stereocenters. The van der Waals surface area contributed by atoms with E-state index in [-0.39, 0.29) is 42.9 Å². The van der Waals surface area contributed by atoms with Crippen LogP contribution >= 0.6 is 0 Å². The van der Waals surface area contributed by atoms with Gasteiger partial charge in [-0.2, -0.15) is 0 Å². The first-order chi connectivity index (χ1) is 24.1. The molecule has 13 nitrogen and oxygen atoms in total. The van der Waals surface area contributed by atoms with Crippen molar-refractivity contribution in [3.63, 3.8) is 0 Å². The maximum absolute atomic E-state index is 12.9. The highest BCUT2D eigenvalue weighted by atomic mass is 16.6. The van der Waals surface area contributed by atoms with Gasteiger partial charge in [0.25, 0.3) is 0 Å². The van der Waals surface area contributed by atoms with Crippen molar-refractivity contribution in [1.29, 1.82) is 0 Å². The third-order valence-electron chi connectivity index (χ3n) is 10.2. The number of methoxy groups -OCH3 is 1. The number of carbonyl (C=O) groups excluding carboxylic acids is 2. The number of terminal acetylenes is 1. The molecule has 5 N–H and O–H groups in total. The SMILES string of the molecule is C#CCO[C@@]1(C)C[C@@H](C)CC(C)C(=O)O[C@H](C)C(O)C(O)C(C)C(=O)[C@H](C)C1.CC.CC1CC(N(C)C)CC(O)O1.CO[C@]1(C)CC(O)OCC1O. The van der Waals surface area contributed by atoms with E-state index in [1.807, 2.05) is 48.7 Å². The van der Waals surface area contributed by atoms with E-state index in [0.29, 0.717) is 31.7 Å². The van der Waals surface area contributed by atoms with Gasteiger partial charge < -0.3 is 54.1 Å². The highest BCUT2D eigenvalue weighted by Crippen LogP contribution is 2.34. The lowest BCUT2D eigenvalue weighted by molar-refractivity contribution is -0.235. The van der Waals surface area contributed by atoms with Crippen molar-refractivity contribution >= 4 is 11.8 Å². The molecule has 3 aliphatic rings. The van der Waals surface area contributed by atoms with Crippen LogP contribution in [0, 0.1) is 36.0 Å². The van der Waals surface area contributed by atoms with E-state index < -0.39 is 60.1 Å². The summed E-state index contributed by atoms with van der Waals surface area (Å²) in [6.45, 7) is 18.7. The summed E-state index contributed by atoms with van der Waals surface area (Å²) < 4.78 is 26.3. The molecule has 306 valence electrons. The molecule has 14 atom stereocenters. The Bertz CT molecular complexity index is 1060. The van der Waals surface area contributed by atoms with E-state index in [1.165, 1.54) is 14.0 Å². The normalized spacial score (nSPS) is 40.6. The summed E-state index contributed by atoms with van der Waals surface area (Å²) in [6, 6.07) is 0.466. The van der Waals surface area contributed by atoms with Gasteiger partial charge in [-0.1, -0.05) is 47.5 Å². The maximum atomic E-state index is 12.9. The molecule has 0 aliphatic carbocycles. The summed E-state index contributed by atoms with van der Waals surface area (Å²) in [4.78, 5) is 27.4. The van der Waals surface area contributed by atoms with Crippen LogP contribution < -0.4 is 0 Å². The summed E-state index contributed by atoms with van der Waals surface area (Å²) in [7, 11) is 5.59. The second-order valence-corrected chi connectivity index (χ2v) is 15.3. The Balaban J connectivity index is 0.000000879. The number of carbonyl (C=O) groups is 2. The molecule has 0 aromatic heterocycles. The molecule has 3 fully saturated rings. The predicted molar refractivity (Wildman–Crippen MR) is 199 cm³/mol. The van der Waals surface area contributed by atoms with Gasteiger partial charge in [0.15, 0.2) is 12.6 Å². The van der Waals surface area contributed by atoms with Crippen LogP contribution in [0.1, 0.15) is 108 Å². The summed E-state index contributed by atoms with van der Waals surface area (Å²) in [6.07, 6.45) is 3.66. The monoisotopic (exact) mass is 748 g/mol. The molecule has 0 amide bonds. The quantitative estimate of drug-likeness (QED) is 0.209. The Hall–Kier alpha value is -1.70. The number of hydrogen-bond acceptors (Lipinski definition) is 13. The number of aliphatic hydroxyl groups excluding tert-OH is 5. The van der Waals surface area contributed by atoms with Gasteiger partial charge in [-0.15, -0.1) is 6.42 Å². The fraction of sp³-hybridized carbons (Fsp3) is 0.897. The van der Waals surface area contributed by atoms with Gasteiger partial charge in [0.1, 0.15) is 30.7 Å². The Morgan fingerprint density at radius 1 is 0.865 bits per heavy atom. The summed E-state index contributed by atoms with van der Waals surface area (Å²) in [5, 5.41) is 48.6. The predicted octanol–water partition coefficient (Wildman–Crippen LogP) is 3.30. The molecule has 0 aromatic carbocycles. The number of hydrogen-bond donors (Lipinski definition) is 5. The minimum absolute atomic E-state index is 0.130. The lowest BCUT2D eigenvalue weighted by Gasteiger charge is -2.38. The number of esters is 1. The van der Waals surface area contributed by atoms with Gasteiger partial charge in [0.2, 0.25) is 0 Å². The number of aliphatic hydroxyl groups is 5. The molecule has 13 heteroatoms. The molecule has 3 heterocycles. The van der Waals surface area contributed by atoms with Crippen molar-refractivity contribution < 1.29 is 58.8 Å². The van der Waals surface area contributed by atoms with Crippen LogP contribution in [0.3, 0.4) is 0 Å². The molecule has 0 aromatic rings. The zero-order valence-corrected chi connectivity index (χ0v) is 34.2. The van der Waals surface area contributed by atoms with Crippen LogP contribution in [0.4, 0.5) is 0 Å². The maximum Gasteiger partial charge on any atom is 0.309 e. The van der Waals surface area contributed by atoms with Crippen molar-refractivity contribution in [2.45, 2.75) is 168 Å². The molecule has 0 saturated carbocycles. The Morgan fingerprint density at radius 3 is 1.96 bits per heavy atom. The van der Waals surface area contributed by atoms with Gasteiger partial charge in [0, 0.05) is 37.8 Å². The van der Waals surface area contributed by atoms with Crippen molar-refractivity contribution in [2.75, 3.05) is 34.4 Å². The Labute approximate surface area is 313 Å². The van der Waals surface area contributed by atoms with Crippen molar-refractivity contribution in [1.82, 2.24) is 4.90 Å². The van der Waals surface area contributed by atoms with Crippen molar-refractivity contribution in [3.8, 4) is 12.3 Å². The van der Waals surface area contributed by atoms with E-state index in [1.54, 1.807) is 27.7 Å². The van der Waals surface area contributed by atoms with Gasteiger partial charge in [-0.3, -0.25) is 9.59 Å². The molecule has 0 radical (unpaired) electrons. The van der Waals surface area contributed by atoms with E-state index >= 15 is 0 Å². The highest BCUT2D eigenvalue weighted by Gasteiger charge is 2.41. The Morgan fingerprint density at radius 2 is 1.46 bits per heavy atom. The first-order valence-electron chi connectivity index (χ1n) is 18.8. The van der Waals surface area contributed by atoms with E-state index in [4.69, 9.17) is 35.2 Å². The number of ketones is 1. The van der Waals surface area contributed by atoms with E-state index in [0.717, 1.165) is 12.8 Å². The smallest absolute Gasteiger partial charge is 0.309 e. The van der Waals surface area contributed by atoms with Crippen LogP contribution in [0.5, 0.6) is 0 Å². The van der Waals surface area contributed by atoms with Crippen LogP contribution in [0.25, 0.3) is 0 Å². The fourth-order valence-corrected chi connectivity index (χ4v) is 6.90. The number of nitrogens with zero attached hydrogens (tertiary/aromatic N) is 1. The highest BCUT2D eigenvalue weighted by molar-refractivity contribution is 5.83. The average molecular weight is 748 g/mol. The van der Waals surface area contributed by atoms with E-state index in [2.05, 4.69) is 10.8 Å². The third kappa shape index (κ3) is 16.8. The zero-order valence-electron chi connectivity index (χ0n) is 34.2. The number of ether oxygens (including phenoxy) is 5. The van der Waals surface area contributed by atoms with Crippen molar-refractivity contribution in [3.05, 3.63) is 0 Å². The zero-order chi connectivity index (χ0) is 40.6. The topological polar surface area (TPSA) is 185 Å². The third-order valence-corrected chi connectivity index (χ3v) is 10.2. The number of rotatable bonds is 4. The van der Waals surface area contributed by atoms with Crippen LogP contribution in [-0.4, -0.2) is 137 Å². The molecular weight excluding hydrogens is 674 g/mol. The summed E-state index contributed by atoms with van der Waals surface area (Å²) in [5.74, 6) is 0.462. The largest absolute Gasteiger partial charge is 0.460 e. The van der Waals surface area contributed by atoms with Gasteiger partial charge >= 0.3 is 5.97 Å². The molecule has 3 saturated heterocycles. The minimum atomic E-state index is -1.34. The molecule has 52 heavy (non-hydrogen) atoms. The molecule has 3 rings (SSSR count). The lowest BCUT2D eigenvalue weighted by Crippen LogP contribution is -2.51. The number of Topliss-reactive ketones (excluding diaryl/α,β-unsaturated/α-hetero) is 1. The lowest BCUT2D eigenvalue weighted by atomic mass is 9.78. The van der Waals surface area contributed by atoms with Crippen LogP contribution in [-0.2, 0) is 33.3 Å². The molecule has 3 aliphatic heterocycles. The molecule has 0 spiro atoms. The molecule has 0 bridgehead atoms. The summed E-state index contributed by atoms with van der Waals surface area (Å²) in [5.41, 5.74) is -1.30.